The fourth-order valence-corrected chi connectivity index (χ4v) is 4.74. The largest absolute Gasteiger partial charge is 0.0654 e. The van der Waals surface area contributed by atoms with Crippen LogP contribution in [0.5, 0.6) is 0 Å². The predicted octanol–water partition coefficient (Wildman–Crippen LogP) is 9.38. The first kappa shape index (κ1) is 26.0. The highest BCUT2D eigenvalue weighted by Crippen LogP contribution is 2.45. The third kappa shape index (κ3) is 11.0. The second-order valence-electron chi connectivity index (χ2n) is 10.4. The van der Waals surface area contributed by atoms with E-state index >= 15 is 0 Å². The molecule has 0 nitrogen and oxygen atoms in total. The average molecular weight is 367 g/mol. The Morgan fingerprint density at radius 1 is 0.654 bits per heavy atom. The van der Waals surface area contributed by atoms with Gasteiger partial charge in [-0.3, -0.25) is 0 Å². The van der Waals surface area contributed by atoms with E-state index in [2.05, 4.69) is 62.3 Å². The van der Waals surface area contributed by atoms with Crippen LogP contribution in [0.1, 0.15) is 127 Å². The van der Waals surface area contributed by atoms with Crippen LogP contribution in [0.4, 0.5) is 0 Å². The highest BCUT2D eigenvalue weighted by molar-refractivity contribution is 4.85. The molecular formula is C26H54. The molecule has 2 saturated carbocycles. The van der Waals surface area contributed by atoms with Gasteiger partial charge in [0.05, 0.1) is 0 Å². The van der Waals surface area contributed by atoms with E-state index < -0.39 is 0 Å². The van der Waals surface area contributed by atoms with Crippen LogP contribution in [0.25, 0.3) is 0 Å². The number of hydrogen-bond donors (Lipinski definition) is 0. The molecular weight excluding hydrogens is 312 g/mol. The SMILES string of the molecule is CC(C)C.CC1CCCC(C2CCC(C)C2C)CCC1C.CCCCC. The molecule has 0 heterocycles. The van der Waals surface area contributed by atoms with Gasteiger partial charge in [-0.15, -0.1) is 0 Å². The molecule has 26 heavy (non-hydrogen) atoms. The molecule has 0 N–H and O–H groups in total. The van der Waals surface area contributed by atoms with E-state index in [1.165, 1.54) is 64.2 Å². The van der Waals surface area contributed by atoms with Gasteiger partial charge in [0, 0.05) is 0 Å². The van der Waals surface area contributed by atoms with Gasteiger partial charge >= 0.3 is 0 Å². The smallest absolute Gasteiger partial charge is 0.0357 e. The molecule has 2 aliphatic carbocycles. The molecule has 0 bridgehead atoms. The minimum absolute atomic E-state index is 0.833. The Morgan fingerprint density at radius 2 is 1.15 bits per heavy atom. The third-order valence-corrected chi connectivity index (χ3v) is 7.04. The molecule has 0 aromatic rings. The number of hydrogen-bond acceptors (Lipinski definition) is 0. The summed E-state index contributed by atoms with van der Waals surface area (Å²) >= 11 is 0. The van der Waals surface area contributed by atoms with Crippen LogP contribution in [0, 0.1) is 41.4 Å². The lowest BCUT2D eigenvalue weighted by molar-refractivity contribution is 0.177. The van der Waals surface area contributed by atoms with Gasteiger partial charge in [0.1, 0.15) is 0 Å². The van der Waals surface area contributed by atoms with Crippen molar-refractivity contribution in [1.82, 2.24) is 0 Å². The van der Waals surface area contributed by atoms with Gasteiger partial charge < -0.3 is 0 Å². The van der Waals surface area contributed by atoms with Gasteiger partial charge in [-0.05, 0) is 54.3 Å². The molecule has 6 unspecified atom stereocenters. The van der Waals surface area contributed by atoms with Crippen LogP contribution in [-0.2, 0) is 0 Å². The Bertz CT molecular complexity index is 300. The summed E-state index contributed by atoms with van der Waals surface area (Å²) < 4.78 is 0. The first-order valence-corrected chi connectivity index (χ1v) is 12.2. The van der Waals surface area contributed by atoms with Crippen molar-refractivity contribution in [2.45, 2.75) is 127 Å². The minimum atomic E-state index is 0.833. The van der Waals surface area contributed by atoms with E-state index in [9.17, 15) is 0 Å². The molecule has 0 heteroatoms. The maximum absolute atomic E-state index is 2.52. The topological polar surface area (TPSA) is 0 Å². The van der Waals surface area contributed by atoms with Crippen molar-refractivity contribution < 1.29 is 0 Å². The lowest BCUT2D eigenvalue weighted by atomic mass is 9.73. The molecule has 0 amide bonds. The van der Waals surface area contributed by atoms with Gasteiger partial charge in [-0.25, -0.2) is 0 Å². The quantitative estimate of drug-likeness (QED) is 0.466. The van der Waals surface area contributed by atoms with Crippen molar-refractivity contribution in [2.75, 3.05) is 0 Å². The minimum Gasteiger partial charge on any atom is -0.0654 e. The fourth-order valence-electron chi connectivity index (χ4n) is 4.74. The van der Waals surface area contributed by atoms with E-state index in [0.717, 1.165) is 41.4 Å². The first-order valence-electron chi connectivity index (χ1n) is 12.2. The first-order chi connectivity index (χ1) is 12.2. The normalized spacial score (nSPS) is 34.8. The van der Waals surface area contributed by atoms with Gasteiger partial charge in [0.2, 0.25) is 0 Å². The predicted molar refractivity (Wildman–Crippen MR) is 122 cm³/mol. The molecule has 0 saturated heterocycles. The third-order valence-electron chi connectivity index (χ3n) is 7.04. The summed E-state index contributed by atoms with van der Waals surface area (Å²) in [6.45, 7) is 20.9. The fraction of sp³-hybridized carbons (Fsp3) is 1.00. The summed E-state index contributed by atoms with van der Waals surface area (Å²) in [7, 11) is 0. The van der Waals surface area contributed by atoms with Crippen LogP contribution in [-0.4, -0.2) is 0 Å². The summed E-state index contributed by atoms with van der Waals surface area (Å²) in [5.74, 6) is 6.87. The Hall–Kier alpha value is 0. The highest BCUT2D eigenvalue weighted by Gasteiger charge is 2.35. The molecule has 0 aromatic carbocycles. The monoisotopic (exact) mass is 366 g/mol. The second kappa shape index (κ2) is 15.0. The van der Waals surface area contributed by atoms with E-state index in [1.807, 2.05) is 0 Å². The maximum Gasteiger partial charge on any atom is -0.0357 e. The van der Waals surface area contributed by atoms with Gasteiger partial charge in [0.25, 0.3) is 0 Å². The molecule has 2 aliphatic rings. The molecule has 0 spiro atoms. The maximum atomic E-state index is 2.52. The standard InChI is InChI=1S/C17H32.C5H12.C4H10/c1-12-6-5-7-16(10-8-13(12)2)17-11-9-14(3)15(17)4;1-3-5-4-2;1-4(2)3/h12-17H,5-11H2,1-4H3;3-5H2,1-2H3;4H,1-3H3. The number of unbranched alkanes of at least 4 members (excludes halogenated alkanes) is 2. The van der Waals surface area contributed by atoms with Crippen molar-refractivity contribution in [3.63, 3.8) is 0 Å². The van der Waals surface area contributed by atoms with Crippen molar-refractivity contribution in [3.8, 4) is 0 Å². The lowest BCUT2D eigenvalue weighted by Crippen LogP contribution is -2.23. The Labute approximate surface area is 168 Å². The Balaban J connectivity index is 0.000000582. The van der Waals surface area contributed by atoms with E-state index in [-0.39, 0.29) is 0 Å². The number of rotatable bonds is 3. The lowest BCUT2D eigenvalue weighted by Gasteiger charge is -2.33. The van der Waals surface area contributed by atoms with E-state index in [1.54, 1.807) is 0 Å². The van der Waals surface area contributed by atoms with Crippen molar-refractivity contribution in [1.29, 1.82) is 0 Å². The average Bonchev–Trinajstić information content (AvgIpc) is 2.89. The zero-order valence-corrected chi connectivity index (χ0v) is 20.1. The molecule has 2 rings (SSSR count). The van der Waals surface area contributed by atoms with Crippen LogP contribution in [0.3, 0.4) is 0 Å². The van der Waals surface area contributed by atoms with Gasteiger partial charge in [-0.2, -0.15) is 0 Å². The molecule has 0 aromatic heterocycles. The molecule has 6 atom stereocenters. The van der Waals surface area contributed by atoms with E-state index in [0.29, 0.717) is 0 Å². The van der Waals surface area contributed by atoms with Crippen molar-refractivity contribution >= 4 is 0 Å². The summed E-state index contributed by atoms with van der Waals surface area (Å²) in [4.78, 5) is 0. The summed E-state index contributed by atoms with van der Waals surface area (Å²) in [6.07, 6.45) is 14.6. The van der Waals surface area contributed by atoms with Crippen LogP contribution < -0.4 is 0 Å². The Kier molecular flexibility index (Phi) is 15.0. The zero-order valence-electron chi connectivity index (χ0n) is 20.1. The molecule has 158 valence electrons. The van der Waals surface area contributed by atoms with Crippen LogP contribution in [0.2, 0.25) is 0 Å². The van der Waals surface area contributed by atoms with Crippen molar-refractivity contribution in [3.05, 3.63) is 0 Å². The summed E-state index contributed by atoms with van der Waals surface area (Å²) in [6, 6.07) is 0. The molecule has 0 aliphatic heterocycles. The summed E-state index contributed by atoms with van der Waals surface area (Å²) in [5, 5.41) is 0. The van der Waals surface area contributed by atoms with E-state index in [4.69, 9.17) is 0 Å². The molecule has 0 radical (unpaired) electrons. The summed E-state index contributed by atoms with van der Waals surface area (Å²) in [5.41, 5.74) is 0. The van der Waals surface area contributed by atoms with Crippen LogP contribution in [0.15, 0.2) is 0 Å². The van der Waals surface area contributed by atoms with Crippen molar-refractivity contribution in [2.24, 2.45) is 41.4 Å². The zero-order chi connectivity index (χ0) is 20.1. The van der Waals surface area contributed by atoms with Gasteiger partial charge in [0.15, 0.2) is 0 Å². The molecule has 2 fully saturated rings. The second-order valence-corrected chi connectivity index (χ2v) is 10.4. The highest BCUT2D eigenvalue weighted by atomic mass is 14.4. The van der Waals surface area contributed by atoms with Gasteiger partial charge in [-0.1, -0.05) is 114 Å². The van der Waals surface area contributed by atoms with Crippen LogP contribution >= 0.6 is 0 Å². The Morgan fingerprint density at radius 3 is 1.58 bits per heavy atom.